The maximum absolute atomic E-state index is 12.3. The molecular formula is C29H28Cl3N3O3. The third-order valence-electron chi connectivity index (χ3n) is 6.39. The van der Waals surface area contributed by atoms with Crippen LogP contribution in [0.2, 0.25) is 15.1 Å². The number of rotatable bonds is 8. The van der Waals surface area contributed by atoms with Gasteiger partial charge in [0.2, 0.25) is 0 Å². The minimum Gasteiger partial charge on any atom is -0.487 e. The predicted molar refractivity (Wildman–Crippen MR) is 152 cm³/mol. The van der Waals surface area contributed by atoms with Gasteiger partial charge in [-0.25, -0.2) is 4.79 Å². The first-order valence-electron chi connectivity index (χ1n) is 12.0. The Morgan fingerprint density at radius 2 is 1.68 bits per heavy atom. The highest BCUT2D eigenvalue weighted by Gasteiger charge is 2.31. The van der Waals surface area contributed by atoms with Gasteiger partial charge in [-0.05, 0) is 62.2 Å². The van der Waals surface area contributed by atoms with Crippen LogP contribution in [0.5, 0.6) is 5.75 Å². The highest BCUT2D eigenvalue weighted by Crippen LogP contribution is 2.39. The molecule has 1 aromatic heterocycles. The molecule has 198 valence electrons. The van der Waals surface area contributed by atoms with E-state index in [4.69, 9.17) is 50.0 Å². The van der Waals surface area contributed by atoms with Crippen LogP contribution in [0.4, 0.5) is 0 Å². The molecule has 1 atom stereocenters. The number of esters is 1. The molecule has 38 heavy (non-hydrogen) atoms. The fourth-order valence-electron chi connectivity index (χ4n) is 4.47. The van der Waals surface area contributed by atoms with Crippen molar-refractivity contribution in [3.63, 3.8) is 0 Å². The van der Waals surface area contributed by atoms with E-state index in [9.17, 15) is 4.79 Å². The van der Waals surface area contributed by atoms with E-state index in [1.165, 1.54) is 7.11 Å². The highest BCUT2D eigenvalue weighted by atomic mass is 35.5. The van der Waals surface area contributed by atoms with E-state index in [0.717, 1.165) is 11.3 Å². The van der Waals surface area contributed by atoms with Gasteiger partial charge in [0.05, 0.1) is 40.1 Å². The number of ether oxygens (including phenoxy) is 2. The van der Waals surface area contributed by atoms with Crippen molar-refractivity contribution in [3.8, 4) is 16.9 Å². The summed E-state index contributed by atoms with van der Waals surface area (Å²) in [5, 5.41) is 6.02. The number of benzene rings is 3. The van der Waals surface area contributed by atoms with Crippen LogP contribution in [0.15, 0.2) is 66.9 Å². The number of carbonyl (C=O) groups is 1. The molecule has 0 saturated heterocycles. The lowest BCUT2D eigenvalue weighted by Gasteiger charge is -2.29. The number of hydrogen-bond acceptors (Lipinski definition) is 5. The summed E-state index contributed by atoms with van der Waals surface area (Å²) in [6, 6.07) is 17.8. The Hall–Kier alpha value is -3.03. The lowest BCUT2D eigenvalue weighted by molar-refractivity contribution is 0.0598. The normalized spacial score (nSPS) is 12.9. The molecule has 1 heterocycles. The fourth-order valence-corrected chi connectivity index (χ4v) is 5.44. The van der Waals surface area contributed by atoms with E-state index in [2.05, 4.69) is 5.10 Å². The van der Waals surface area contributed by atoms with Gasteiger partial charge in [-0.1, -0.05) is 65.1 Å². The molecular weight excluding hydrogens is 545 g/mol. The molecule has 9 heteroatoms. The summed E-state index contributed by atoms with van der Waals surface area (Å²) in [5.41, 5.74) is 9.63. The molecule has 0 spiro atoms. The van der Waals surface area contributed by atoms with Crippen LogP contribution in [0, 0.1) is 0 Å². The van der Waals surface area contributed by atoms with E-state index in [1.807, 2.05) is 24.6 Å². The molecule has 3 aromatic carbocycles. The standard InChI is InChI=1S/C29H28Cl3N3O3/c1-17(2)35-26(20(15-34-35)27-23(30)10-7-11-24(27)31)16-38-18-12-13-22(25(32)14-18)29(3,33)21-9-6-5-8-19(21)28(36)37-4/h5-15,17H,16,33H2,1-4H3. The summed E-state index contributed by atoms with van der Waals surface area (Å²) >= 11 is 19.7. The number of nitrogens with zero attached hydrogens (tertiary/aromatic N) is 2. The first kappa shape index (κ1) is 28.0. The van der Waals surface area contributed by atoms with Gasteiger partial charge in [-0.2, -0.15) is 5.10 Å². The van der Waals surface area contributed by atoms with Gasteiger partial charge in [0, 0.05) is 22.2 Å². The van der Waals surface area contributed by atoms with E-state index < -0.39 is 11.5 Å². The SMILES string of the molecule is COC(=O)c1ccccc1C(C)(N)c1ccc(OCc2c(-c3c(Cl)cccc3Cl)cnn2C(C)C)cc1Cl. The molecule has 0 aliphatic heterocycles. The van der Waals surface area contributed by atoms with Gasteiger partial charge in [0.15, 0.2) is 0 Å². The Balaban J connectivity index is 1.65. The summed E-state index contributed by atoms with van der Waals surface area (Å²) in [4.78, 5) is 12.3. The van der Waals surface area contributed by atoms with Gasteiger partial charge in [-0.3, -0.25) is 4.68 Å². The van der Waals surface area contributed by atoms with E-state index in [0.29, 0.717) is 43.1 Å². The zero-order chi connectivity index (χ0) is 27.6. The third kappa shape index (κ3) is 5.40. The molecule has 0 amide bonds. The molecule has 0 bridgehead atoms. The lowest BCUT2D eigenvalue weighted by Crippen LogP contribution is -2.36. The summed E-state index contributed by atoms with van der Waals surface area (Å²) in [6.07, 6.45) is 1.75. The monoisotopic (exact) mass is 571 g/mol. The zero-order valence-corrected chi connectivity index (χ0v) is 23.7. The van der Waals surface area contributed by atoms with Crippen molar-refractivity contribution in [2.75, 3.05) is 7.11 Å². The average molecular weight is 573 g/mol. The first-order chi connectivity index (χ1) is 18.1. The molecule has 0 fully saturated rings. The first-order valence-corrected chi connectivity index (χ1v) is 13.1. The van der Waals surface area contributed by atoms with Gasteiger partial charge < -0.3 is 15.2 Å². The van der Waals surface area contributed by atoms with Crippen molar-refractivity contribution in [1.29, 1.82) is 0 Å². The minimum absolute atomic E-state index is 0.0856. The molecule has 2 N–H and O–H groups in total. The van der Waals surface area contributed by atoms with Crippen molar-refractivity contribution in [1.82, 2.24) is 9.78 Å². The van der Waals surface area contributed by atoms with Crippen LogP contribution in [0.3, 0.4) is 0 Å². The van der Waals surface area contributed by atoms with Gasteiger partial charge in [0.1, 0.15) is 12.4 Å². The number of carbonyl (C=O) groups excluding carboxylic acids is 1. The molecule has 6 nitrogen and oxygen atoms in total. The van der Waals surface area contributed by atoms with Crippen LogP contribution in [0.25, 0.3) is 11.1 Å². The molecule has 4 rings (SSSR count). The topological polar surface area (TPSA) is 79.4 Å². The molecule has 0 saturated carbocycles. The Labute approximate surface area is 237 Å². The van der Waals surface area contributed by atoms with Crippen molar-refractivity contribution >= 4 is 40.8 Å². The summed E-state index contributed by atoms with van der Waals surface area (Å²) in [6.45, 7) is 6.08. The van der Waals surface area contributed by atoms with E-state index in [1.54, 1.807) is 67.7 Å². The van der Waals surface area contributed by atoms with Crippen molar-refractivity contribution < 1.29 is 14.3 Å². The van der Waals surface area contributed by atoms with E-state index >= 15 is 0 Å². The maximum Gasteiger partial charge on any atom is 0.338 e. The molecule has 0 radical (unpaired) electrons. The highest BCUT2D eigenvalue weighted by molar-refractivity contribution is 6.39. The largest absolute Gasteiger partial charge is 0.487 e. The maximum atomic E-state index is 12.3. The minimum atomic E-state index is -1.06. The number of aromatic nitrogens is 2. The second-order valence-electron chi connectivity index (χ2n) is 9.31. The van der Waals surface area contributed by atoms with Crippen LogP contribution >= 0.6 is 34.8 Å². The Bertz CT molecular complexity index is 1460. The van der Waals surface area contributed by atoms with Crippen LogP contribution in [-0.2, 0) is 16.9 Å². The van der Waals surface area contributed by atoms with Gasteiger partial charge in [0.25, 0.3) is 0 Å². The Morgan fingerprint density at radius 1 is 1.00 bits per heavy atom. The third-order valence-corrected chi connectivity index (χ3v) is 7.33. The number of halogens is 3. The van der Waals surface area contributed by atoms with Gasteiger partial charge in [-0.15, -0.1) is 0 Å². The summed E-state index contributed by atoms with van der Waals surface area (Å²) in [5.74, 6) is 0.0769. The quantitative estimate of drug-likeness (QED) is 0.219. The number of hydrogen-bond donors (Lipinski definition) is 1. The number of nitrogens with two attached hydrogens (primary N) is 1. The summed E-state index contributed by atoms with van der Waals surface area (Å²) in [7, 11) is 1.34. The predicted octanol–water partition coefficient (Wildman–Crippen LogP) is 7.68. The van der Waals surface area contributed by atoms with Crippen molar-refractivity contribution in [3.05, 3.63) is 104 Å². The summed E-state index contributed by atoms with van der Waals surface area (Å²) < 4.78 is 13.0. The van der Waals surface area contributed by atoms with Crippen LogP contribution in [0.1, 0.15) is 54.0 Å². The zero-order valence-electron chi connectivity index (χ0n) is 21.5. The van der Waals surface area contributed by atoms with Gasteiger partial charge >= 0.3 is 5.97 Å². The molecule has 4 aromatic rings. The second-order valence-corrected chi connectivity index (χ2v) is 10.5. The fraction of sp³-hybridized carbons (Fsp3) is 0.241. The van der Waals surface area contributed by atoms with Crippen molar-refractivity contribution in [2.24, 2.45) is 5.73 Å². The van der Waals surface area contributed by atoms with Crippen molar-refractivity contribution in [2.45, 2.75) is 39.0 Å². The molecule has 1 unspecified atom stereocenters. The second kappa shape index (κ2) is 11.4. The Morgan fingerprint density at radius 3 is 2.32 bits per heavy atom. The number of methoxy groups -OCH3 is 1. The van der Waals surface area contributed by atoms with E-state index in [-0.39, 0.29) is 12.6 Å². The molecule has 0 aliphatic rings. The smallest absolute Gasteiger partial charge is 0.338 e. The Kier molecular flexibility index (Phi) is 8.38. The molecule has 0 aliphatic carbocycles. The van der Waals surface area contributed by atoms with Crippen LogP contribution in [-0.4, -0.2) is 22.9 Å². The van der Waals surface area contributed by atoms with Crippen LogP contribution < -0.4 is 10.5 Å². The average Bonchev–Trinajstić information content (AvgIpc) is 3.30. The lowest BCUT2D eigenvalue weighted by atomic mass is 9.83.